The first kappa shape index (κ1) is 14.7. The van der Waals surface area contributed by atoms with Crippen LogP contribution in [0.4, 0.5) is 12.9 Å². The molecule has 1 rings (SSSR count). The summed E-state index contributed by atoms with van der Waals surface area (Å²) in [7, 11) is 0. The molecule has 0 atom stereocenters. The Kier molecular flexibility index (Phi) is 5.43. The maximum Gasteiger partial charge on any atom is 1.00 e. The van der Waals surface area contributed by atoms with E-state index in [-0.39, 0.29) is 51.4 Å². The second kappa shape index (κ2) is 5.16. The Labute approximate surface area is 125 Å². The molecule has 72 valence electrons. The predicted molar refractivity (Wildman–Crippen MR) is 49.4 cm³/mol. The molecular formula is C9H11BF3K. The molecular weight excluding hydrogens is 215 g/mol. The van der Waals surface area contributed by atoms with Crippen LogP contribution in [-0.2, 0) is 0 Å². The van der Waals surface area contributed by atoms with Gasteiger partial charge in [0.25, 0.3) is 0 Å². The summed E-state index contributed by atoms with van der Waals surface area (Å²) < 4.78 is 37.5. The van der Waals surface area contributed by atoms with Crippen molar-refractivity contribution in [2.45, 2.75) is 20.8 Å². The van der Waals surface area contributed by atoms with E-state index in [9.17, 15) is 12.9 Å². The van der Waals surface area contributed by atoms with Crippen molar-refractivity contribution in [3.63, 3.8) is 0 Å². The van der Waals surface area contributed by atoms with E-state index >= 15 is 0 Å². The van der Waals surface area contributed by atoms with E-state index in [0.29, 0.717) is 11.1 Å². The summed E-state index contributed by atoms with van der Waals surface area (Å²) in [6, 6.07) is 3.13. The maximum atomic E-state index is 12.5. The summed E-state index contributed by atoms with van der Waals surface area (Å²) in [6.07, 6.45) is 0. The molecule has 0 bridgehead atoms. The van der Waals surface area contributed by atoms with Gasteiger partial charge >= 0.3 is 58.4 Å². The van der Waals surface area contributed by atoms with Gasteiger partial charge in [-0.05, 0) is 20.8 Å². The monoisotopic (exact) mass is 226 g/mol. The molecule has 0 spiro atoms. The Morgan fingerprint density at radius 3 is 1.57 bits per heavy atom. The van der Waals surface area contributed by atoms with Crippen molar-refractivity contribution in [1.82, 2.24) is 0 Å². The number of hydrogen-bond acceptors (Lipinski definition) is 0. The minimum atomic E-state index is -4.87. The SMILES string of the molecule is Cc1cc(C)c([B-](F)(F)F)c(C)c1.[K+]. The molecule has 0 aliphatic rings. The fourth-order valence-electron chi connectivity index (χ4n) is 1.71. The van der Waals surface area contributed by atoms with Crippen molar-refractivity contribution in [1.29, 1.82) is 0 Å². The molecule has 0 unspecified atom stereocenters. The number of aryl methyl sites for hydroxylation is 3. The van der Waals surface area contributed by atoms with Crippen LogP contribution < -0.4 is 56.8 Å². The van der Waals surface area contributed by atoms with E-state index < -0.39 is 12.4 Å². The van der Waals surface area contributed by atoms with Crippen LogP contribution in [0.1, 0.15) is 16.7 Å². The maximum absolute atomic E-state index is 12.5. The molecule has 0 nitrogen and oxygen atoms in total. The first-order chi connectivity index (χ1) is 5.82. The van der Waals surface area contributed by atoms with Gasteiger partial charge in [-0.2, -0.15) is 0 Å². The predicted octanol–water partition coefficient (Wildman–Crippen LogP) is -0.330. The molecule has 0 heterocycles. The zero-order valence-corrected chi connectivity index (χ0v) is 12.0. The van der Waals surface area contributed by atoms with Crippen molar-refractivity contribution in [2.24, 2.45) is 0 Å². The van der Waals surface area contributed by atoms with E-state index in [4.69, 9.17) is 0 Å². The molecule has 0 saturated carbocycles. The van der Waals surface area contributed by atoms with Crippen molar-refractivity contribution < 1.29 is 64.3 Å². The minimum Gasteiger partial charge on any atom is -0.445 e. The Balaban J connectivity index is 0.00000169. The van der Waals surface area contributed by atoms with Crippen molar-refractivity contribution in [2.75, 3.05) is 0 Å². The minimum absolute atomic E-state index is 0. The average molecular weight is 226 g/mol. The van der Waals surface area contributed by atoms with Gasteiger partial charge in [0, 0.05) is 0 Å². The van der Waals surface area contributed by atoms with E-state index in [0.717, 1.165) is 5.56 Å². The molecule has 0 aliphatic heterocycles. The third-order valence-corrected chi connectivity index (χ3v) is 2.07. The van der Waals surface area contributed by atoms with Gasteiger partial charge in [-0.15, -0.1) is 5.46 Å². The topological polar surface area (TPSA) is 0 Å². The molecule has 1 aromatic rings. The van der Waals surface area contributed by atoms with Crippen LogP contribution >= 0.6 is 0 Å². The molecule has 0 fully saturated rings. The van der Waals surface area contributed by atoms with Gasteiger partial charge < -0.3 is 12.9 Å². The van der Waals surface area contributed by atoms with Crippen LogP contribution in [0.2, 0.25) is 0 Å². The number of halogens is 3. The first-order valence-electron chi connectivity index (χ1n) is 4.10. The van der Waals surface area contributed by atoms with Crippen LogP contribution in [0.3, 0.4) is 0 Å². The molecule has 0 radical (unpaired) electrons. The van der Waals surface area contributed by atoms with Gasteiger partial charge in [-0.1, -0.05) is 28.8 Å². The standard InChI is InChI=1S/C9H11BF3.K/c1-6-4-7(2)9(8(3)5-6)10(11,12)13;/h4-5H,1-3H3;/q-1;+1. The molecule has 5 heteroatoms. The normalized spacial score (nSPS) is 11.0. The fourth-order valence-corrected chi connectivity index (χ4v) is 1.71. The number of hydrogen-bond donors (Lipinski definition) is 0. The van der Waals surface area contributed by atoms with Gasteiger partial charge in [-0.3, -0.25) is 0 Å². The van der Waals surface area contributed by atoms with Crippen LogP contribution in [0.5, 0.6) is 0 Å². The van der Waals surface area contributed by atoms with Crippen molar-refractivity contribution in [3.8, 4) is 0 Å². The van der Waals surface area contributed by atoms with Crippen LogP contribution in [0.15, 0.2) is 12.1 Å². The number of benzene rings is 1. The quantitative estimate of drug-likeness (QED) is 0.575. The Morgan fingerprint density at radius 2 is 1.29 bits per heavy atom. The third-order valence-electron chi connectivity index (χ3n) is 2.07. The summed E-state index contributed by atoms with van der Waals surface area (Å²) in [5, 5.41) is 0. The van der Waals surface area contributed by atoms with E-state index in [1.807, 2.05) is 0 Å². The molecule has 0 aliphatic carbocycles. The Hall–Kier alpha value is 0.711. The van der Waals surface area contributed by atoms with E-state index in [1.165, 1.54) is 13.8 Å². The average Bonchev–Trinajstić information content (AvgIpc) is 1.78. The van der Waals surface area contributed by atoms with Gasteiger partial charge in [0.05, 0.1) is 0 Å². The van der Waals surface area contributed by atoms with Gasteiger partial charge in [-0.25, -0.2) is 0 Å². The van der Waals surface area contributed by atoms with Crippen LogP contribution in [-0.4, -0.2) is 6.98 Å². The molecule has 1 aromatic carbocycles. The van der Waals surface area contributed by atoms with Gasteiger partial charge in [0.1, 0.15) is 0 Å². The van der Waals surface area contributed by atoms with E-state index in [1.54, 1.807) is 19.1 Å². The Morgan fingerprint density at radius 1 is 0.929 bits per heavy atom. The largest absolute Gasteiger partial charge is 1.00 e. The molecule has 0 saturated heterocycles. The second-order valence-electron chi connectivity index (χ2n) is 3.39. The molecule has 0 amide bonds. The molecule has 0 aromatic heterocycles. The van der Waals surface area contributed by atoms with Crippen molar-refractivity contribution in [3.05, 3.63) is 28.8 Å². The van der Waals surface area contributed by atoms with Crippen LogP contribution in [0.25, 0.3) is 0 Å². The fraction of sp³-hybridized carbons (Fsp3) is 0.333. The number of rotatable bonds is 1. The smallest absolute Gasteiger partial charge is 0.445 e. The summed E-state index contributed by atoms with van der Waals surface area (Å²) in [5.41, 5.74) is 1.08. The van der Waals surface area contributed by atoms with Crippen molar-refractivity contribution >= 4 is 12.4 Å². The zero-order valence-electron chi connectivity index (χ0n) is 8.87. The summed E-state index contributed by atoms with van der Waals surface area (Å²) in [6.45, 7) is -0.0614. The third kappa shape index (κ3) is 3.38. The zero-order chi connectivity index (χ0) is 10.2. The summed E-state index contributed by atoms with van der Waals surface area (Å²) in [5.74, 6) is 0. The molecule has 0 N–H and O–H groups in total. The summed E-state index contributed by atoms with van der Waals surface area (Å²) in [4.78, 5) is 0. The molecule has 14 heavy (non-hydrogen) atoms. The van der Waals surface area contributed by atoms with Gasteiger partial charge in [0.15, 0.2) is 0 Å². The second-order valence-corrected chi connectivity index (χ2v) is 3.39. The van der Waals surface area contributed by atoms with Gasteiger partial charge in [0.2, 0.25) is 0 Å². The first-order valence-corrected chi connectivity index (χ1v) is 4.10. The van der Waals surface area contributed by atoms with E-state index in [2.05, 4.69) is 0 Å². The van der Waals surface area contributed by atoms with Crippen LogP contribution in [0, 0.1) is 20.8 Å². The summed E-state index contributed by atoms with van der Waals surface area (Å²) >= 11 is 0. The Bertz CT molecular complexity index is 310.